The van der Waals surface area contributed by atoms with Gasteiger partial charge in [0.1, 0.15) is 17.5 Å². The van der Waals surface area contributed by atoms with Crippen molar-refractivity contribution in [2.45, 2.75) is 25.0 Å². The number of aliphatic hydroxyl groups is 1. The zero-order chi connectivity index (χ0) is 8.60. The molecule has 0 heterocycles. The molecule has 0 bridgehead atoms. The smallest absolute Gasteiger partial charge is 0.130 e. The normalized spacial score (nSPS) is 33.0. The molecule has 2 unspecified atom stereocenters. The standard InChI is InChI=1S/C10H12O2/c1-10(11)7-9(10)12-8-5-3-2-4-6-8/h2-6,9,11H,7H2,1H3. The van der Waals surface area contributed by atoms with Crippen LogP contribution in [0.4, 0.5) is 0 Å². The summed E-state index contributed by atoms with van der Waals surface area (Å²) in [6.07, 6.45) is 0.724. The molecule has 1 aromatic rings. The van der Waals surface area contributed by atoms with Crippen LogP contribution < -0.4 is 4.74 Å². The van der Waals surface area contributed by atoms with Gasteiger partial charge in [0.15, 0.2) is 0 Å². The van der Waals surface area contributed by atoms with Crippen LogP contribution in [-0.2, 0) is 0 Å². The van der Waals surface area contributed by atoms with Gasteiger partial charge >= 0.3 is 0 Å². The lowest BCUT2D eigenvalue weighted by Gasteiger charge is -2.06. The number of benzene rings is 1. The van der Waals surface area contributed by atoms with E-state index in [-0.39, 0.29) is 6.10 Å². The molecule has 2 heteroatoms. The van der Waals surface area contributed by atoms with Crippen LogP contribution in [0.25, 0.3) is 0 Å². The van der Waals surface area contributed by atoms with Crippen LogP contribution in [0.2, 0.25) is 0 Å². The molecule has 0 spiro atoms. The fourth-order valence-corrected chi connectivity index (χ4v) is 1.15. The van der Waals surface area contributed by atoms with Crippen molar-refractivity contribution in [2.75, 3.05) is 0 Å². The van der Waals surface area contributed by atoms with E-state index in [4.69, 9.17) is 4.74 Å². The third-order valence-corrected chi connectivity index (χ3v) is 2.15. The number of hydrogen-bond donors (Lipinski definition) is 1. The topological polar surface area (TPSA) is 29.5 Å². The summed E-state index contributed by atoms with van der Waals surface area (Å²) in [5.74, 6) is 0.834. The van der Waals surface area contributed by atoms with Crippen LogP contribution in [0.15, 0.2) is 30.3 Å². The number of ether oxygens (including phenoxy) is 1. The van der Waals surface area contributed by atoms with Gasteiger partial charge in [0.05, 0.1) is 0 Å². The Kier molecular flexibility index (Phi) is 1.58. The summed E-state index contributed by atoms with van der Waals surface area (Å²) in [6, 6.07) is 9.58. The van der Waals surface area contributed by atoms with Crippen molar-refractivity contribution in [3.8, 4) is 5.75 Å². The summed E-state index contributed by atoms with van der Waals surface area (Å²) in [5.41, 5.74) is -0.601. The summed E-state index contributed by atoms with van der Waals surface area (Å²) in [4.78, 5) is 0. The van der Waals surface area contributed by atoms with Gasteiger partial charge in [-0.2, -0.15) is 0 Å². The summed E-state index contributed by atoms with van der Waals surface area (Å²) in [6.45, 7) is 1.79. The molecule has 2 nitrogen and oxygen atoms in total. The first-order valence-electron chi connectivity index (χ1n) is 4.12. The van der Waals surface area contributed by atoms with Gasteiger partial charge in [0.2, 0.25) is 0 Å². The van der Waals surface area contributed by atoms with E-state index < -0.39 is 5.60 Å². The van der Waals surface area contributed by atoms with Gasteiger partial charge in [-0.15, -0.1) is 0 Å². The molecule has 1 saturated carbocycles. The first kappa shape index (κ1) is 7.62. The van der Waals surface area contributed by atoms with Gasteiger partial charge in [-0.25, -0.2) is 0 Å². The molecule has 2 atom stereocenters. The summed E-state index contributed by atoms with van der Waals surface area (Å²) >= 11 is 0. The molecule has 0 aromatic heterocycles. The lowest BCUT2D eigenvalue weighted by Crippen LogP contribution is -2.12. The maximum atomic E-state index is 9.43. The van der Waals surface area contributed by atoms with Gasteiger partial charge in [-0.05, 0) is 19.1 Å². The Morgan fingerprint density at radius 2 is 2.00 bits per heavy atom. The monoisotopic (exact) mass is 164 g/mol. The summed E-state index contributed by atoms with van der Waals surface area (Å²) < 4.78 is 5.49. The van der Waals surface area contributed by atoms with Crippen molar-refractivity contribution < 1.29 is 9.84 Å². The van der Waals surface area contributed by atoms with Crippen LogP contribution >= 0.6 is 0 Å². The van der Waals surface area contributed by atoms with E-state index in [1.807, 2.05) is 30.3 Å². The number of para-hydroxylation sites is 1. The second-order valence-electron chi connectivity index (χ2n) is 3.48. The summed E-state index contributed by atoms with van der Waals surface area (Å²) in [7, 11) is 0. The first-order chi connectivity index (χ1) is 5.68. The predicted octanol–water partition coefficient (Wildman–Crippen LogP) is 1.59. The third-order valence-electron chi connectivity index (χ3n) is 2.15. The zero-order valence-corrected chi connectivity index (χ0v) is 7.03. The Balaban J connectivity index is 1.98. The Labute approximate surface area is 71.8 Å². The highest BCUT2D eigenvalue weighted by molar-refractivity contribution is 5.23. The molecule has 12 heavy (non-hydrogen) atoms. The van der Waals surface area contributed by atoms with Gasteiger partial charge in [0, 0.05) is 6.42 Å². The summed E-state index contributed by atoms with van der Waals surface area (Å²) in [5, 5.41) is 9.43. The van der Waals surface area contributed by atoms with Crippen molar-refractivity contribution in [3.05, 3.63) is 30.3 Å². The molecule has 0 aliphatic heterocycles. The SMILES string of the molecule is CC1(O)CC1Oc1ccccc1. The van der Waals surface area contributed by atoms with Crippen molar-refractivity contribution in [1.29, 1.82) is 0 Å². The molecule has 0 amide bonds. The van der Waals surface area contributed by atoms with Crippen LogP contribution in [-0.4, -0.2) is 16.8 Å². The van der Waals surface area contributed by atoms with E-state index in [9.17, 15) is 5.11 Å². The van der Waals surface area contributed by atoms with Crippen LogP contribution in [0, 0.1) is 0 Å². The lowest BCUT2D eigenvalue weighted by atomic mass is 10.3. The highest BCUT2D eigenvalue weighted by Gasteiger charge is 2.51. The maximum absolute atomic E-state index is 9.43. The minimum absolute atomic E-state index is 0.0140. The predicted molar refractivity (Wildman–Crippen MR) is 46.1 cm³/mol. The average Bonchev–Trinajstić information content (AvgIpc) is 2.61. The van der Waals surface area contributed by atoms with Crippen LogP contribution in [0.3, 0.4) is 0 Å². The van der Waals surface area contributed by atoms with Crippen LogP contribution in [0.5, 0.6) is 5.75 Å². The van der Waals surface area contributed by atoms with Crippen molar-refractivity contribution in [2.24, 2.45) is 0 Å². The van der Waals surface area contributed by atoms with Crippen LogP contribution in [0.1, 0.15) is 13.3 Å². The molecule has 0 radical (unpaired) electrons. The van der Waals surface area contributed by atoms with Gasteiger partial charge < -0.3 is 9.84 Å². The molecular weight excluding hydrogens is 152 g/mol. The van der Waals surface area contributed by atoms with E-state index in [2.05, 4.69) is 0 Å². The van der Waals surface area contributed by atoms with Crippen molar-refractivity contribution in [3.63, 3.8) is 0 Å². The molecule has 1 aliphatic rings. The zero-order valence-electron chi connectivity index (χ0n) is 7.03. The van der Waals surface area contributed by atoms with Gasteiger partial charge in [0.25, 0.3) is 0 Å². The number of rotatable bonds is 2. The molecule has 64 valence electrons. The highest BCUT2D eigenvalue weighted by Crippen LogP contribution is 2.38. The largest absolute Gasteiger partial charge is 0.487 e. The van der Waals surface area contributed by atoms with Gasteiger partial charge in [-0.3, -0.25) is 0 Å². The molecule has 1 fully saturated rings. The number of hydrogen-bond acceptors (Lipinski definition) is 2. The molecular formula is C10H12O2. The minimum Gasteiger partial charge on any atom is -0.487 e. The maximum Gasteiger partial charge on any atom is 0.130 e. The quantitative estimate of drug-likeness (QED) is 0.719. The Morgan fingerprint density at radius 1 is 1.42 bits per heavy atom. The lowest BCUT2D eigenvalue weighted by molar-refractivity contribution is 0.113. The molecule has 1 N–H and O–H groups in total. The van der Waals surface area contributed by atoms with Crippen molar-refractivity contribution in [1.82, 2.24) is 0 Å². The second-order valence-corrected chi connectivity index (χ2v) is 3.48. The Morgan fingerprint density at radius 3 is 2.50 bits per heavy atom. The highest BCUT2D eigenvalue weighted by atomic mass is 16.5. The first-order valence-corrected chi connectivity index (χ1v) is 4.12. The van der Waals surface area contributed by atoms with E-state index in [1.165, 1.54) is 0 Å². The third kappa shape index (κ3) is 1.43. The fraction of sp³-hybridized carbons (Fsp3) is 0.400. The van der Waals surface area contributed by atoms with E-state index in [0.717, 1.165) is 12.2 Å². The average molecular weight is 164 g/mol. The van der Waals surface area contributed by atoms with E-state index in [0.29, 0.717) is 0 Å². The Bertz CT molecular complexity index is 266. The van der Waals surface area contributed by atoms with E-state index in [1.54, 1.807) is 6.92 Å². The fourth-order valence-electron chi connectivity index (χ4n) is 1.15. The molecule has 1 aliphatic carbocycles. The van der Waals surface area contributed by atoms with Crippen molar-refractivity contribution >= 4 is 0 Å². The van der Waals surface area contributed by atoms with Gasteiger partial charge in [-0.1, -0.05) is 18.2 Å². The molecule has 1 aromatic carbocycles. The Hall–Kier alpha value is -1.02. The minimum atomic E-state index is -0.601. The molecule has 2 rings (SSSR count). The molecule has 0 saturated heterocycles. The second kappa shape index (κ2) is 2.49. The van der Waals surface area contributed by atoms with E-state index >= 15 is 0 Å².